The Labute approximate surface area is 235 Å². The van der Waals surface area contributed by atoms with Gasteiger partial charge in [0.15, 0.2) is 33.8 Å². The van der Waals surface area contributed by atoms with Crippen LogP contribution in [-0.2, 0) is 9.47 Å². The van der Waals surface area contributed by atoms with Crippen LogP contribution in [0.2, 0.25) is 0 Å². The maximum Gasteiger partial charge on any atom is 0.191 e. The van der Waals surface area contributed by atoms with Crippen molar-refractivity contribution in [3.63, 3.8) is 0 Å². The van der Waals surface area contributed by atoms with Crippen molar-refractivity contribution in [1.82, 2.24) is 25.0 Å². The Bertz CT molecular complexity index is 1340. The summed E-state index contributed by atoms with van der Waals surface area (Å²) in [6, 6.07) is 3.33. The number of aliphatic hydroxyl groups is 2. The first-order valence-corrected chi connectivity index (χ1v) is 14.6. The largest absolute Gasteiger partial charge is 0.388 e. The molecule has 2 aliphatic carbocycles. The number of anilines is 1. The molecule has 0 saturated heterocycles. The van der Waals surface area contributed by atoms with Gasteiger partial charge in [-0.2, -0.15) is 0 Å². The van der Waals surface area contributed by atoms with Crippen LogP contribution in [0.4, 0.5) is 14.6 Å². The van der Waals surface area contributed by atoms with E-state index in [0.717, 1.165) is 24.7 Å². The fourth-order valence-corrected chi connectivity index (χ4v) is 5.65. The van der Waals surface area contributed by atoms with Gasteiger partial charge in [0.25, 0.3) is 0 Å². The van der Waals surface area contributed by atoms with E-state index in [4.69, 9.17) is 14.5 Å². The van der Waals surface area contributed by atoms with Crippen molar-refractivity contribution in [3.8, 4) is 0 Å². The summed E-state index contributed by atoms with van der Waals surface area (Å²) < 4.78 is 40.3. The second-order valence-corrected chi connectivity index (χ2v) is 12.4. The van der Waals surface area contributed by atoms with Crippen LogP contribution in [-0.4, -0.2) is 84.1 Å². The number of ether oxygens (including phenoxy) is 2. The Kier molecular flexibility index (Phi) is 8.58. The van der Waals surface area contributed by atoms with E-state index in [0.29, 0.717) is 40.7 Å². The topological polar surface area (TPSA) is 127 Å². The molecular formula is C27H36F2N6O4S. The highest BCUT2D eigenvalue weighted by Crippen LogP contribution is 2.44. The van der Waals surface area contributed by atoms with Crippen LogP contribution in [0.1, 0.15) is 64.5 Å². The Hall–Kier alpha value is -2.45. The van der Waals surface area contributed by atoms with Crippen LogP contribution in [0.25, 0.3) is 11.2 Å². The molecule has 0 radical (unpaired) electrons. The minimum absolute atomic E-state index is 0.00822. The summed E-state index contributed by atoms with van der Waals surface area (Å²) in [5.74, 6) is -0.426. The highest BCUT2D eigenvalue weighted by molar-refractivity contribution is 7.99. The van der Waals surface area contributed by atoms with Gasteiger partial charge in [-0.25, -0.2) is 23.4 Å². The van der Waals surface area contributed by atoms with Crippen molar-refractivity contribution < 1.29 is 28.5 Å². The van der Waals surface area contributed by atoms with E-state index in [2.05, 4.69) is 27.5 Å². The minimum atomic E-state index is -1.13. The summed E-state index contributed by atoms with van der Waals surface area (Å²) in [6.07, 6.45) is -0.846. The lowest BCUT2D eigenvalue weighted by molar-refractivity contribution is -0.0863. The van der Waals surface area contributed by atoms with E-state index >= 15 is 0 Å². The lowest BCUT2D eigenvalue weighted by atomic mass is 10.1. The molecule has 2 aromatic heterocycles. The molecule has 2 fully saturated rings. The van der Waals surface area contributed by atoms with E-state index in [1.165, 1.54) is 17.8 Å². The van der Waals surface area contributed by atoms with E-state index < -0.39 is 36.0 Å². The predicted molar refractivity (Wildman–Crippen MR) is 146 cm³/mol. The first-order chi connectivity index (χ1) is 19.1. The monoisotopic (exact) mass is 578 g/mol. The molecule has 218 valence electrons. The molecule has 6 atom stereocenters. The first-order valence-electron chi connectivity index (χ1n) is 13.6. The smallest absolute Gasteiger partial charge is 0.191 e. The molecule has 0 amide bonds. The number of halogens is 2. The number of fused-ring (bicyclic) bond motifs is 1. The van der Waals surface area contributed by atoms with Gasteiger partial charge < -0.3 is 25.0 Å². The Balaban J connectivity index is 1.35. The average Bonchev–Trinajstić information content (AvgIpc) is 3.45. The first kappa shape index (κ1) is 29.1. The van der Waals surface area contributed by atoms with Gasteiger partial charge in [0.2, 0.25) is 0 Å². The molecule has 5 rings (SSSR count). The molecule has 13 heteroatoms. The summed E-state index contributed by atoms with van der Waals surface area (Å²) in [5, 5.41) is 34.2. The maximum atomic E-state index is 13.8. The molecule has 0 spiro atoms. The maximum absolute atomic E-state index is 13.8. The van der Waals surface area contributed by atoms with Gasteiger partial charge in [-0.05, 0) is 51.3 Å². The summed E-state index contributed by atoms with van der Waals surface area (Å²) >= 11 is 1.50. The highest BCUT2D eigenvalue weighted by Gasteiger charge is 2.45. The summed E-state index contributed by atoms with van der Waals surface area (Å²) in [6.45, 7) is 8.58. The molecule has 0 unspecified atom stereocenters. The van der Waals surface area contributed by atoms with Crippen LogP contribution in [0.15, 0.2) is 23.4 Å². The van der Waals surface area contributed by atoms with E-state index in [9.17, 15) is 19.0 Å². The third kappa shape index (κ3) is 6.38. The van der Waals surface area contributed by atoms with Gasteiger partial charge in [0.1, 0.15) is 12.2 Å². The number of thioether (sulfide) groups is 1. The number of hydrogen-bond acceptors (Lipinski definition) is 10. The zero-order valence-corrected chi connectivity index (χ0v) is 23.9. The van der Waals surface area contributed by atoms with Gasteiger partial charge in [-0.1, -0.05) is 30.0 Å². The fourth-order valence-electron chi connectivity index (χ4n) is 4.96. The van der Waals surface area contributed by atoms with Gasteiger partial charge in [0.05, 0.1) is 31.0 Å². The van der Waals surface area contributed by atoms with Crippen LogP contribution in [0.5, 0.6) is 0 Å². The van der Waals surface area contributed by atoms with Crippen molar-refractivity contribution in [1.29, 1.82) is 0 Å². The second-order valence-electron chi connectivity index (χ2n) is 11.3. The number of aromatic nitrogens is 5. The number of benzene rings is 1. The highest BCUT2D eigenvalue weighted by atomic mass is 32.2. The van der Waals surface area contributed by atoms with Crippen molar-refractivity contribution in [2.75, 3.05) is 24.3 Å². The van der Waals surface area contributed by atoms with Gasteiger partial charge >= 0.3 is 0 Å². The molecule has 2 saturated carbocycles. The zero-order chi connectivity index (χ0) is 28.6. The Morgan fingerprint density at radius 1 is 1.10 bits per heavy atom. The molecule has 10 nitrogen and oxygen atoms in total. The van der Waals surface area contributed by atoms with Gasteiger partial charge in [0, 0.05) is 24.1 Å². The van der Waals surface area contributed by atoms with Crippen molar-refractivity contribution in [2.24, 2.45) is 0 Å². The number of nitrogens with one attached hydrogen (secondary N) is 1. The van der Waals surface area contributed by atoms with Crippen LogP contribution in [0.3, 0.4) is 0 Å². The van der Waals surface area contributed by atoms with Crippen molar-refractivity contribution in [3.05, 3.63) is 35.4 Å². The normalized spacial score (nSPS) is 26.5. The molecule has 0 aliphatic heterocycles. The van der Waals surface area contributed by atoms with E-state index in [1.807, 2.05) is 20.8 Å². The third-order valence-corrected chi connectivity index (χ3v) is 8.14. The predicted octanol–water partition coefficient (Wildman–Crippen LogP) is 3.84. The zero-order valence-electron chi connectivity index (χ0n) is 23.0. The van der Waals surface area contributed by atoms with Crippen molar-refractivity contribution >= 4 is 28.7 Å². The number of hydrogen-bond donors (Lipinski definition) is 3. The lowest BCUT2D eigenvalue weighted by Crippen LogP contribution is -2.34. The molecule has 2 aliphatic rings. The second kappa shape index (κ2) is 11.8. The van der Waals surface area contributed by atoms with Crippen molar-refractivity contribution in [2.45, 2.75) is 94.0 Å². The molecule has 0 bridgehead atoms. The number of nitrogens with zero attached hydrogens (tertiary/aromatic N) is 5. The number of aliphatic hydroxyl groups excluding tert-OH is 2. The molecule has 2 heterocycles. The summed E-state index contributed by atoms with van der Waals surface area (Å²) in [5.41, 5.74) is 1.29. The summed E-state index contributed by atoms with van der Waals surface area (Å²) in [4.78, 5) is 9.37. The lowest BCUT2D eigenvalue weighted by Gasteiger charge is -2.21. The third-order valence-electron chi connectivity index (χ3n) is 7.09. The molecule has 3 aromatic rings. The van der Waals surface area contributed by atoms with Crippen LogP contribution in [0, 0.1) is 11.6 Å². The summed E-state index contributed by atoms with van der Waals surface area (Å²) in [7, 11) is 0. The fraction of sp³-hybridized carbons (Fsp3) is 0.630. The standard InChI is InChI=1S/C27H36F2N6O4S/c1-5-10-40-26-31-24(30-18-12-15(18)14-6-7-16(28)17(29)11-14)21-25(32-26)35(34-33-21)19-13-20(23(37)22(19)36)38-8-9-39-27(2,3)4/h6-7,11,15,18-20,22-23,36-37H,5,8-10,12-13H2,1-4H3,(H,30,31,32)/t15-,18+,19+,20-,22-,23+/m0/s1. The molecule has 40 heavy (non-hydrogen) atoms. The number of rotatable bonds is 11. The quantitative estimate of drug-likeness (QED) is 0.175. The van der Waals surface area contributed by atoms with Gasteiger partial charge in [-0.15, -0.1) is 5.10 Å². The molecule has 1 aromatic carbocycles. The van der Waals surface area contributed by atoms with Crippen LogP contribution < -0.4 is 5.32 Å². The van der Waals surface area contributed by atoms with Crippen LogP contribution >= 0.6 is 11.8 Å². The minimum Gasteiger partial charge on any atom is -0.388 e. The Morgan fingerprint density at radius 2 is 1.90 bits per heavy atom. The van der Waals surface area contributed by atoms with Gasteiger partial charge in [-0.3, -0.25) is 0 Å². The Morgan fingerprint density at radius 3 is 2.62 bits per heavy atom. The van der Waals surface area contributed by atoms with E-state index in [-0.39, 0.29) is 24.2 Å². The molecular weight excluding hydrogens is 542 g/mol. The van der Waals surface area contributed by atoms with E-state index in [1.54, 1.807) is 10.7 Å². The molecule has 3 N–H and O–H groups in total. The SMILES string of the molecule is CCCSc1nc(N[C@@H]2C[C@H]2c2ccc(F)c(F)c2)c2nnn([C@@H]3C[C@H](OCCOC(C)(C)C)[C@@H](O)[C@H]3O)c2n1. The average molecular weight is 579 g/mol.